The molecule has 1 aliphatic rings. The van der Waals surface area contributed by atoms with Gasteiger partial charge in [-0.25, -0.2) is 9.97 Å². The van der Waals surface area contributed by atoms with Crippen LogP contribution in [0.3, 0.4) is 0 Å². The Bertz CT molecular complexity index is 875. The number of nitrogens with one attached hydrogen (secondary N) is 1. The third-order valence-electron chi connectivity index (χ3n) is 4.66. The standard InChI is InChI=1S/C21H22N4/c1-16-5-4-6-17(11-16)13-22-20-12-21(24-15-23-20)25-10-9-18-7-2-3-8-19(18)14-25/h2-8,11-12,15H,9-10,13-14H2,1H3,(H,22,23,24). The van der Waals surface area contributed by atoms with E-state index in [1.54, 1.807) is 6.33 Å². The van der Waals surface area contributed by atoms with Crippen LogP contribution >= 0.6 is 0 Å². The Morgan fingerprint density at radius 2 is 1.88 bits per heavy atom. The van der Waals surface area contributed by atoms with Gasteiger partial charge in [-0.2, -0.15) is 0 Å². The molecule has 0 bridgehead atoms. The molecule has 4 nitrogen and oxygen atoms in total. The maximum absolute atomic E-state index is 4.48. The number of hydrogen-bond donors (Lipinski definition) is 1. The molecular weight excluding hydrogens is 308 g/mol. The monoisotopic (exact) mass is 330 g/mol. The van der Waals surface area contributed by atoms with Crippen molar-refractivity contribution < 1.29 is 0 Å². The summed E-state index contributed by atoms with van der Waals surface area (Å²) in [6, 6.07) is 19.2. The molecule has 0 radical (unpaired) electrons. The molecule has 2 heterocycles. The first-order chi connectivity index (χ1) is 12.3. The first kappa shape index (κ1) is 15.6. The molecule has 0 saturated carbocycles. The summed E-state index contributed by atoms with van der Waals surface area (Å²) in [7, 11) is 0. The predicted octanol–water partition coefficient (Wildman–Crippen LogP) is 3.96. The molecule has 1 N–H and O–H groups in total. The van der Waals surface area contributed by atoms with Gasteiger partial charge in [0.1, 0.15) is 18.0 Å². The van der Waals surface area contributed by atoms with Crippen molar-refractivity contribution in [2.45, 2.75) is 26.4 Å². The molecule has 0 fully saturated rings. The molecule has 2 aromatic carbocycles. The van der Waals surface area contributed by atoms with Crippen molar-refractivity contribution in [2.75, 3.05) is 16.8 Å². The molecule has 3 aromatic rings. The lowest BCUT2D eigenvalue weighted by molar-refractivity contribution is 0.719. The van der Waals surface area contributed by atoms with Crippen LogP contribution in [0, 0.1) is 6.92 Å². The zero-order valence-electron chi connectivity index (χ0n) is 14.4. The van der Waals surface area contributed by atoms with Crippen LogP contribution in [0.25, 0.3) is 0 Å². The number of rotatable bonds is 4. The molecule has 0 saturated heterocycles. The third kappa shape index (κ3) is 3.63. The van der Waals surface area contributed by atoms with Crippen molar-refractivity contribution in [3.63, 3.8) is 0 Å². The Labute approximate surface area is 148 Å². The molecule has 1 aromatic heterocycles. The molecule has 126 valence electrons. The second-order valence-electron chi connectivity index (χ2n) is 6.54. The number of hydrogen-bond acceptors (Lipinski definition) is 4. The number of nitrogens with zero attached hydrogens (tertiary/aromatic N) is 3. The number of fused-ring (bicyclic) bond motifs is 1. The highest BCUT2D eigenvalue weighted by Crippen LogP contribution is 2.24. The average Bonchev–Trinajstić information content (AvgIpc) is 2.66. The fourth-order valence-electron chi connectivity index (χ4n) is 3.32. The zero-order valence-corrected chi connectivity index (χ0v) is 14.4. The van der Waals surface area contributed by atoms with Gasteiger partial charge in [-0.05, 0) is 30.0 Å². The minimum atomic E-state index is 0.765. The molecule has 0 spiro atoms. The molecule has 0 aliphatic carbocycles. The van der Waals surface area contributed by atoms with E-state index < -0.39 is 0 Å². The van der Waals surface area contributed by atoms with Crippen LogP contribution < -0.4 is 10.2 Å². The SMILES string of the molecule is Cc1cccc(CNc2cc(N3CCc4ccccc4C3)ncn2)c1. The normalized spacial score (nSPS) is 13.4. The van der Waals surface area contributed by atoms with E-state index in [0.717, 1.165) is 37.7 Å². The van der Waals surface area contributed by atoms with Gasteiger partial charge in [0.2, 0.25) is 0 Å². The van der Waals surface area contributed by atoms with Crippen LogP contribution in [0.2, 0.25) is 0 Å². The van der Waals surface area contributed by atoms with Crippen LogP contribution in [-0.2, 0) is 19.5 Å². The van der Waals surface area contributed by atoms with E-state index in [-0.39, 0.29) is 0 Å². The van der Waals surface area contributed by atoms with Crippen LogP contribution in [-0.4, -0.2) is 16.5 Å². The Morgan fingerprint density at radius 3 is 2.76 bits per heavy atom. The van der Waals surface area contributed by atoms with Crippen molar-refractivity contribution >= 4 is 11.6 Å². The van der Waals surface area contributed by atoms with E-state index in [2.05, 4.69) is 75.6 Å². The average molecular weight is 330 g/mol. The molecule has 0 unspecified atom stereocenters. The maximum atomic E-state index is 4.48. The van der Waals surface area contributed by atoms with E-state index in [4.69, 9.17) is 0 Å². The number of benzene rings is 2. The second kappa shape index (κ2) is 6.93. The Hall–Kier alpha value is -2.88. The first-order valence-corrected chi connectivity index (χ1v) is 8.71. The highest BCUT2D eigenvalue weighted by Gasteiger charge is 2.17. The van der Waals surface area contributed by atoms with E-state index >= 15 is 0 Å². The molecule has 4 heteroatoms. The first-order valence-electron chi connectivity index (χ1n) is 8.71. The summed E-state index contributed by atoms with van der Waals surface area (Å²) < 4.78 is 0. The summed E-state index contributed by atoms with van der Waals surface area (Å²) in [4.78, 5) is 11.2. The Kier molecular flexibility index (Phi) is 4.34. The molecule has 4 rings (SSSR count). The Morgan fingerprint density at radius 1 is 1.00 bits per heavy atom. The van der Waals surface area contributed by atoms with Crippen LogP contribution in [0.1, 0.15) is 22.3 Å². The summed E-state index contributed by atoms with van der Waals surface area (Å²) in [6.45, 7) is 4.78. The van der Waals surface area contributed by atoms with E-state index in [1.807, 2.05) is 6.07 Å². The summed E-state index contributed by atoms with van der Waals surface area (Å²) in [5.41, 5.74) is 5.37. The lowest BCUT2D eigenvalue weighted by Crippen LogP contribution is -2.31. The van der Waals surface area contributed by atoms with E-state index in [1.165, 1.54) is 22.3 Å². The number of anilines is 2. The van der Waals surface area contributed by atoms with Crippen molar-refractivity contribution in [1.29, 1.82) is 0 Å². The summed E-state index contributed by atoms with van der Waals surface area (Å²) in [6.07, 6.45) is 2.71. The molecule has 1 aliphatic heterocycles. The fourth-order valence-corrected chi connectivity index (χ4v) is 3.32. The lowest BCUT2D eigenvalue weighted by atomic mass is 10.00. The minimum absolute atomic E-state index is 0.765. The van der Waals surface area contributed by atoms with Crippen molar-refractivity contribution in [1.82, 2.24) is 9.97 Å². The number of aryl methyl sites for hydroxylation is 1. The summed E-state index contributed by atoms with van der Waals surface area (Å²) in [5.74, 6) is 1.85. The topological polar surface area (TPSA) is 41.0 Å². The minimum Gasteiger partial charge on any atom is -0.366 e. The van der Waals surface area contributed by atoms with Crippen molar-refractivity contribution in [3.8, 4) is 0 Å². The van der Waals surface area contributed by atoms with Crippen LogP contribution in [0.5, 0.6) is 0 Å². The molecular formula is C21H22N4. The maximum Gasteiger partial charge on any atom is 0.134 e. The smallest absolute Gasteiger partial charge is 0.134 e. The fraction of sp³-hybridized carbons (Fsp3) is 0.238. The highest BCUT2D eigenvalue weighted by molar-refractivity contribution is 5.51. The quantitative estimate of drug-likeness (QED) is 0.786. The lowest BCUT2D eigenvalue weighted by Gasteiger charge is -2.29. The molecule has 0 amide bonds. The van der Waals surface area contributed by atoms with Gasteiger partial charge in [-0.15, -0.1) is 0 Å². The zero-order chi connectivity index (χ0) is 17.1. The van der Waals surface area contributed by atoms with Crippen molar-refractivity contribution in [3.05, 3.63) is 83.2 Å². The van der Waals surface area contributed by atoms with E-state index in [0.29, 0.717) is 0 Å². The van der Waals surface area contributed by atoms with Gasteiger partial charge < -0.3 is 10.2 Å². The Balaban J connectivity index is 1.46. The summed E-state index contributed by atoms with van der Waals surface area (Å²) in [5, 5.41) is 3.41. The van der Waals surface area contributed by atoms with Gasteiger partial charge in [-0.3, -0.25) is 0 Å². The van der Waals surface area contributed by atoms with Crippen molar-refractivity contribution in [2.24, 2.45) is 0 Å². The van der Waals surface area contributed by atoms with Gasteiger partial charge in [0, 0.05) is 25.7 Å². The van der Waals surface area contributed by atoms with Gasteiger partial charge >= 0.3 is 0 Å². The second-order valence-corrected chi connectivity index (χ2v) is 6.54. The largest absolute Gasteiger partial charge is 0.366 e. The predicted molar refractivity (Wildman–Crippen MR) is 102 cm³/mol. The van der Waals surface area contributed by atoms with Crippen LogP contribution in [0.15, 0.2) is 60.9 Å². The van der Waals surface area contributed by atoms with Crippen LogP contribution in [0.4, 0.5) is 11.6 Å². The molecule has 25 heavy (non-hydrogen) atoms. The van der Waals surface area contributed by atoms with Gasteiger partial charge in [-0.1, -0.05) is 54.1 Å². The van der Waals surface area contributed by atoms with Gasteiger partial charge in [0.25, 0.3) is 0 Å². The molecule has 0 atom stereocenters. The summed E-state index contributed by atoms with van der Waals surface area (Å²) >= 11 is 0. The number of aromatic nitrogens is 2. The highest BCUT2D eigenvalue weighted by atomic mass is 15.2. The third-order valence-corrected chi connectivity index (χ3v) is 4.66. The van der Waals surface area contributed by atoms with Gasteiger partial charge in [0.15, 0.2) is 0 Å². The van der Waals surface area contributed by atoms with Gasteiger partial charge in [0.05, 0.1) is 0 Å². The van der Waals surface area contributed by atoms with E-state index in [9.17, 15) is 0 Å².